The first-order chi connectivity index (χ1) is 16.9. The van der Waals surface area contributed by atoms with Crippen LogP contribution in [0.4, 0.5) is 0 Å². The molecule has 3 aliphatic rings. The third kappa shape index (κ3) is 4.01. The van der Waals surface area contributed by atoms with Gasteiger partial charge < -0.3 is 9.30 Å². The van der Waals surface area contributed by atoms with E-state index in [4.69, 9.17) is 4.74 Å². The maximum Gasteiger partial charge on any atom is 0.128 e. The average molecular weight is 474 g/mol. The summed E-state index contributed by atoms with van der Waals surface area (Å²) in [6.45, 7) is 0. The number of hydrogen-bond donors (Lipinski definition) is 0. The first-order valence-corrected chi connectivity index (χ1v) is 15.4. The van der Waals surface area contributed by atoms with E-state index >= 15 is 0 Å². The highest BCUT2D eigenvalue weighted by Gasteiger charge is 2.36. The minimum absolute atomic E-state index is 0.259. The zero-order valence-electron chi connectivity index (χ0n) is 20.9. The maximum absolute atomic E-state index is 6.21. The fraction of sp³-hybridized carbons (Fsp3) is 0.548. The number of para-hydroxylation sites is 1. The Balaban J connectivity index is 1.58. The van der Waals surface area contributed by atoms with Crippen LogP contribution in [-0.2, 0) is 12.8 Å². The number of ether oxygens (including phenoxy) is 1. The molecule has 0 radical (unpaired) electrons. The van der Waals surface area contributed by atoms with Crippen molar-refractivity contribution < 1.29 is 4.74 Å². The van der Waals surface area contributed by atoms with E-state index in [1.807, 2.05) is 7.11 Å². The van der Waals surface area contributed by atoms with Crippen molar-refractivity contribution in [2.45, 2.75) is 101 Å². The molecule has 3 aromatic rings. The Morgan fingerprint density at radius 1 is 0.735 bits per heavy atom. The van der Waals surface area contributed by atoms with Crippen LogP contribution in [0.2, 0.25) is 0 Å². The molecule has 3 aliphatic carbocycles. The molecule has 0 unspecified atom stereocenters. The highest BCUT2D eigenvalue weighted by molar-refractivity contribution is 7.67. The Hall–Kier alpha value is -1.79. The normalized spacial score (nSPS) is 20.1. The van der Waals surface area contributed by atoms with Crippen LogP contribution in [0.5, 0.6) is 5.75 Å². The molecule has 2 aromatic carbocycles. The average Bonchev–Trinajstić information content (AvgIpc) is 3.25. The van der Waals surface area contributed by atoms with Crippen LogP contribution in [0.25, 0.3) is 16.6 Å². The summed E-state index contributed by atoms with van der Waals surface area (Å²) in [5, 5.41) is 3.07. The van der Waals surface area contributed by atoms with Crippen molar-refractivity contribution in [3.05, 3.63) is 53.7 Å². The molecule has 0 atom stereocenters. The minimum atomic E-state index is -0.259. The van der Waals surface area contributed by atoms with Crippen LogP contribution >= 0.6 is 7.92 Å². The molecule has 0 spiro atoms. The van der Waals surface area contributed by atoms with Gasteiger partial charge in [0.15, 0.2) is 0 Å². The summed E-state index contributed by atoms with van der Waals surface area (Å²) in [7, 11) is 1.65. The van der Waals surface area contributed by atoms with Crippen molar-refractivity contribution in [1.29, 1.82) is 0 Å². The van der Waals surface area contributed by atoms with Crippen LogP contribution in [0.3, 0.4) is 0 Å². The number of aryl methyl sites for hydroxylation is 1. The third-order valence-electron chi connectivity index (χ3n) is 8.81. The van der Waals surface area contributed by atoms with Gasteiger partial charge in [-0.1, -0.05) is 70.7 Å². The molecule has 0 amide bonds. The topological polar surface area (TPSA) is 14.2 Å². The van der Waals surface area contributed by atoms with E-state index in [2.05, 4.69) is 47.0 Å². The molecule has 2 saturated carbocycles. The van der Waals surface area contributed by atoms with Crippen molar-refractivity contribution in [3.8, 4) is 11.4 Å². The summed E-state index contributed by atoms with van der Waals surface area (Å²) in [4.78, 5) is 0. The van der Waals surface area contributed by atoms with Crippen molar-refractivity contribution in [1.82, 2.24) is 4.57 Å². The summed E-state index contributed by atoms with van der Waals surface area (Å²) in [5.74, 6) is 1.15. The predicted molar refractivity (Wildman–Crippen MR) is 147 cm³/mol. The zero-order chi connectivity index (χ0) is 22.9. The van der Waals surface area contributed by atoms with Crippen molar-refractivity contribution in [2.24, 2.45) is 0 Å². The molecule has 1 heterocycles. The molecule has 1 aromatic heterocycles. The van der Waals surface area contributed by atoms with Gasteiger partial charge in [0, 0.05) is 16.4 Å². The highest BCUT2D eigenvalue weighted by Crippen LogP contribution is 2.57. The zero-order valence-corrected chi connectivity index (χ0v) is 21.8. The van der Waals surface area contributed by atoms with E-state index < -0.39 is 0 Å². The number of methoxy groups -OCH3 is 1. The van der Waals surface area contributed by atoms with Crippen molar-refractivity contribution in [3.63, 3.8) is 0 Å². The van der Waals surface area contributed by atoms with Crippen LogP contribution in [0.1, 0.15) is 88.3 Å². The van der Waals surface area contributed by atoms with Crippen LogP contribution in [0.15, 0.2) is 42.5 Å². The second-order valence-electron chi connectivity index (χ2n) is 10.8. The summed E-state index contributed by atoms with van der Waals surface area (Å²) in [6, 6.07) is 16.1. The van der Waals surface area contributed by atoms with Gasteiger partial charge in [0.2, 0.25) is 0 Å². The lowest BCUT2D eigenvalue weighted by Gasteiger charge is -2.40. The van der Waals surface area contributed by atoms with E-state index in [1.165, 1.54) is 106 Å². The Morgan fingerprint density at radius 2 is 1.41 bits per heavy atom. The quantitative estimate of drug-likeness (QED) is 0.340. The van der Waals surface area contributed by atoms with Crippen LogP contribution in [0, 0.1) is 0 Å². The Kier molecular flexibility index (Phi) is 6.70. The van der Waals surface area contributed by atoms with Gasteiger partial charge in [-0.05, 0) is 86.4 Å². The molecule has 6 rings (SSSR count). The lowest BCUT2D eigenvalue weighted by atomic mass is 9.95. The smallest absolute Gasteiger partial charge is 0.128 e. The Labute approximate surface area is 206 Å². The fourth-order valence-electron chi connectivity index (χ4n) is 7.27. The molecular formula is C31H40NOP. The van der Waals surface area contributed by atoms with Crippen molar-refractivity contribution in [2.75, 3.05) is 7.11 Å². The SMILES string of the molecule is COc1cccc(-n2c3c(c4ccccc42)CCCC3)c1P(C1CCCCC1)C1CCCCC1. The number of benzene rings is 2. The van der Waals surface area contributed by atoms with Gasteiger partial charge in [0.1, 0.15) is 5.75 Å². The third-order valence-corrected chi connectivity index (χ3v) is 12.4. The number of aromatic nitrogens is 1. The largest absolute Gasteiger partial charge is 0.496 e. The molecule has 0 aliphatic heterocycles. The number of hydrogen-bond acceptors (Lipinski definition) is 1. The maximum atomic E-state index is 6.21. The molecule has 180 valence electrons. The van der Waals surface area contributed by atoms with Gasteiger partial charge in [0.25, 0.3) is 0 Å². The molecule has 0 N–H and O–H groups in total. The van der Waals surface area contributed by atoms with Crippen molar-refractivity contribution >= 4 is 24.1 Å². The van der Waals surface area contributed by atoms with Gasteiger partial charge in [-0.15, -0.1) is 0 Å². The molecule has 0 bridgehead atoms. The number of rotatable bonds is 5. The fourth-order valence-corrected chi connectivity index (χ4v) is 11.3. The summed E-state index contributed by atoms with van der Waals surface area (Å²) < 4.78 is 8.89. The first kappa shape index (κ1) is 22.7. The van der Waals surface area contributed by atoms with Gasteiger partial charge in [0.05, 0.1) is 18.3 Å². The molecule has 0 saturated heterocycles. The van der Waals surface area contributed by atoms with Gasteiger partial charge in [-0.3, -0.25) is 0 Å². The molecule has 34 heavy (non-hydrogen) atoms. The minimum Gasteiger partial charge on any atom is -0.496 e. The van der Waals surface area contributed by atoms with Gasteiger partial charge in [-0.25, -0.2) is 0 Å². The standard InChI is InChI=1S/C31H40NOP/c1-33-30-22-12-21-29(32-27-19-10-8-17-25(27)26-18-9-11-20-28(26)32)31(30)34(23-13-4-2-5-14-23)24-15-6-3-7-16-24/h8,10,12,17,19,21-24H,2-7,9,11,13-16,18,20H2,1H3. The summed E-state index contributed by atoms with van der Waals surface area (Å²) >= 11 is 0. The summed E-state index contributed by atoms with van der Waals surface area (Å²) in [5.41, 5.74) is 7.76. The van der Waals surface area contributed by atoms with Crippen LogP contribution < -0.4 is 10.0 Å². The lowest BCUT2D eigenvalue weighted by Crippen LogP contribution is -2.29. The Morgan fingerprint density at radius 3 is 2.12 bits per heavy atom. The second-order valence-corrected chi connectivity index (χ2v) is 13.5. The van der Waals surface area contributed by atoms with E-state index in [0.717, 1.165) is 17.1 Å². The first-order valence-electron chi connectivity index (χ1n) is 13.9. The van der Waals surface area contributed by atoms with E-state index in [0.29, 0.717) is 0 Å². The Bertz CT molecular complexity index is 1120. The van der Waals surface area contributed by atoms with E-state index in [9.17, 15) is 0 Å². The van der Waals surface area contributed by atoms with Gasteiger partial charge in [-0.2, -0.15) is 0 Å². The van der Waals surface area contributed by atoms with E-state index in [1.54, 1.807) is 16.6 Å². The highest BCUT2D eigenvalue weighted by atomic mass is 31.1. The van der Waals surface area contributed by atoms with Gasteiger partial charge >= 0.3 is 0 Å². The second kappa shape index (κ2) is 10.1. The van der Waals surface area contributed by atoms with E-state index in [-0.39, 0.29) is 7.92 Å². The summed E-state index contributed by atoms with van der Waals surface area (Å²) in [6.07, 6.45) is 19.3. The lowest BCUT2D eigenvalue weighted by molar-refractivity contribution is 0.417. The number of nitrogens with zero attached hydrogens (tertiary/aromatic N) is 1. The molecule has 2 nitrogen and oxygen atoms in total. The number of fused-ring (bicyclic) bond motifs is 3. The van der Waals surface area contributed by atoms with Crippen LogP contribution in [-0.4, -0.2) is 23.0 Å². The molecule has 3 heteroatoms. The monoisotopic (exact) mass is 473 g/mol. The molecule has 2 fully saturated rings. The predicted octanol–water partition coefficient (Wildman–Crippen LogP) is 8.29. The molecular weight excluding hydrogens is 433 g/mol.